The van der Waals surface area contributed by atoms with Crippen molar-refractivity contribution in [3.05, 3.63) is 16.9 Å². The average Bonchev–Trinajstić information content (AvgIpc) is 2.57. The lowest BCUT2D eigenvalue weighted by Crippen LogP contribution is -2.21. The van der Waals surface area contributed by atoms with Gasteiger partial charge in [0.05, 0.1) is 17.3 Å². The number of nitrogens with one attached hydrogen (secondary N) is 1. The molecule has 0 amide bonds. The van der Waals surface area contributed by atoms with Gasteiger partial charge in [-0.25, -0.2) is 0 Å². The van der Waals surface area contributed by atoms with Crippen LogP contribution in [0.4, 0.5) is 0 Å². The van der Waals surface area contributed by atoms with E-state index in [9.17, 15) is 0 Å². The van der Waals surface area contributed by atoms with E-state index in [1.165, 1.54) is 25.7 Å². The number of unbranched alkanes of at least 4 members (excludes halogenated alkanes) is 3. The summed E-state index contributed by atoms with van der Waals surface area (Å²) in [4.78, 5) is 0. The van der Waals surface area contributed by atoms with E-state index < -0.39 is 0 Å². The second-order valence-electron chi connectivity index (χ2n) is 4.14. The van der Waals surface area contributed by atoms with Crippen molar-refractivity contribution >= 4 is 11.6 Å². The first-order chi connectivity index (χ1) is 7.74. The van der Waals surface area contributed by atoms with Crippen LogP contribution in [-0.2, 0) is 6.54 Å². The Kier molecular flexibility index (Phi) is 6.50. The Morgan fingerprint density at radius 3 is 2.75 bits per heavy atom. The molecule has 1 aromatic heterocycles. The Morgan fingerprint density at radius 1 is 1.31 bits per heavy atom. The first-order valence-corrected chi connectivity index (χ1v) is 6.52. The molecule has 1 heterocycles. The molecular weight excluding hydrogens is 222 g/mol. The average molecular weight is 244 g/mol. The lowest BCUT2D eigenvalue weighted by Gasteiger charge is -2.04. The Balaban J connectivity index is 2.03. The van der Waals surface area contributed by atoms with Crippen molar-refractivity contribution < 1.29 is 0 Å². The predicted molar refractivity (Wildman–Crippen MR) is 69.0 cm³/mol. The van der Waals surface area contributed by atoms with Gasteiger partial charge in [0.15, 0.2) is 0 Å². The van der Waals surface area contributed by atoms with Crippen LogP contribution in [-0.4, -0.2) is 22.9 Å². The molecule has 0 unspecified atom stereocenters. The molecule has 1 rings (SSSR count). The number of hydrogen-bond acceptors (Lipinski definition) is 2. The highest BCUT2D eigenvalue weighted by Gasteiger charge is 2.00. The highest BCUT2D eigenvalue weighted by atomic mass is 35.5. The standard InChI is InChI=1S/C12H22ClN3/c1-3-4-5-6-7-14-8-9-16-10-12(13)11(2)15-16/h10,14H,3-9H2,1-2H3. The fourth-order valence-electron chi connectivity index (χ4n) is 1.60. The Bertz CT molecular complexity index is 277. The van der Waals surface area contributed by atoms with Gasteiger partial charge < -0.3 is 5.32 Å². The summed E-state index contributed by atoms with van der Waals surface area (Å²) < 4.78 is 1.90. The monoisotopic (exact) mass is 243 g/mol. The maximum atomic E-state index is 5.92. The van der Waals surface area contributed by atoms with Crippen LogP contribution in [0.1, 0.15) is 38.3 Å². The van der Waals surface area contributed by atoms with Gasteiger partial charge in [0.2, 0.25) is 0 Å². The lowest BCUT2D eigenvalue weighted by molar-refractivity contribution is 0.533. The van der Waals surface area contributed by atoms with Gasteiger partial charge in [0, 0.05) is 12.7 Å². The topological polar surface area (TPSA) is 29.9 Å². The van der Waals surface area contributed by atoms with E-state index in [0.29, 0.717) is 0 Å². The second kappa shape index (κ2) is 7.69. The molecule has 92 valence electrons. The van der Waals surface area contributed by atoms with Crippen LogP contribution in [0.15, 0.2) is 6.20 Å². The van der Waals surface area contributed by atoms with Crippen molar-refractivity contribution in [2.45, 2.75) is 46.1 Å². The zero-order valence-corrected chi connectivity index (χ0v) is 11.1. The lowest BCUT2D eigenvalue weighted by atomic mass is 10.2. The molecule has 0 aliphatic rings. The van der Waals surface area contributed by atoms with E-state index in [4.69, 9.17) is 11.6 Å². The van der Waals surface area contributed by atoms with Gasteiger partial charge in [0.25, 0.3) is 0 Å². The summed E-state index contributed by atoms with van der Waals surface area (Å²) in [6.45, 7) is 7.12. The molecule has 1 aromatic rings. The van der Waals surface area contributed by atoms with E-state index in [0.717, 1.165) is 30.4 Å². The quantitative estimate of drug-likeness (QED) is 0.712. The summed E-state index contributed by atoms with van der Waals surface area (Å²) in [5.74, 6) is 0. The maximum Gasteiger partial charge on any atom is 0.0814 e. The zero-order valence-electron chi connectivity index (χ0n) is 10.3. The van der Waals surface area contributed by atoms with Gasteiger partial charge in [-0.3, -0.25) is 4.68 Å². The largest absolute Gasteiger partial charge is 0.315 e. The second-order valence-corrected chi connectivity index (χ2v) is 4.54. The molecule has 0 aliphatic carbocycles. The minimum Gasteiger partial charge on any atom is -0.315 e. The van der Waals surface area contributed by atoms with Gasteiger partial charge >= 0.3 is 0 Å². The maximum absolute atomic E-state index is 5.92. The number of nitrogens with zero attached hydrogens (tertiary/aromatic N) is 2. The fourth-order valence-corrected chi connectivity index (χ4v) is 1.75. The minimum atomic E-state index is 0.753. The molecule has 1 N–H and O–H groups in total. The molecule has 4 heteroatoms. The molecule has 0 atom stereocenters. The van der Waals surface area contributed by atoms with Crippen LogP contribution >= 0.6 is 11.6 Å². The molecule has 0 aliphatic heterocycles. The van der Waals surface area contributed by atoms with E-state index in [1.54, 1.807) is 0 Å². The molecule has 0 saturated carbocycles. The van der Waals surface area contributed by atoms with Crippen LogP contribution in [0.3, 0.4) is 0 Å². The number of rotatable bonds is 8. The van der Waals surface area contributed by atoms with Crippen molar-refractivity contribution in [3.8, 4) is 0 Å². The Labute approximate surface area is 103 Å². The molecule has 0 radical (unpaired) electrons. The number of hydrogen-bond donors (Lipinski definition) is 1. The van der Waals surface area contributed by atoms with E-state index in [-0.39, 0.29) is 0 Å². The van der Waals surface area contributed by atoms with Crippen LogP contribution in [0.5, 0.6) is 0 Å². The van der Waals surface area contributed by atoms with Crippen molar-refractivity contribution in [1.82, 2.24) is 15.1 Å². The molecule has 0 aromatic carbocycles. The third kappa shape index (κ3) is 4.99. The summed E-state index contributed by atoms with van der Waals surface area (Å²) in [6, 6.07) is 0. The molecule has 0 fully saturated rings. The first-order valence-electron chi connectivity index (χ1n) is 6.14. The summed E-state index contributed by atoms with van der Waals surface area (Å²) >= 11 is 5.92. The SMILES string of the molecule is CCCCCCNCCn1cc(Cl)c(C)n1. The number of aryl methyl sites for hydroxylation is 1. The van der Waals surface area contributed by atoms with Gasteiger partial charge in [-0.15, -0.1) is 0 Å². The fraction of sp³-hybridized carbons (Fsp3) is 0.750. The molecule has 16 heavy (non-hydrogen) atoms. The van der Waals surface area contributed by atoms with Crippen molar-refractivity contribution in [3.63, 3.8) is 0 Å². The minimum absolute atomic E-state index is 0.753. The van der Waals surface area contributed by atoms with Crippen molar-refractivity contribution in [2.75, 3.05) is 13.1 Å². The van der Waals surface area contributed by atoms with Crippen LogP contribution in [0.25, 0.3) is 0 Å². The van der Waals surface area contributed by atoms with Gasteiger partial charge in [0.1, 0.15) is 0 Å². The van der Waals surface area contributed by atoms with Crippen LogP contribution < -0.4 is 5.32 Å². The zero-order chi connectivity index (χ0) is 11.8. The Morgan fingerprint density at radius 2 is 2.12 bits per heavy atom. The molecule has 0 spiro atoms. The molecule has 0 bridgehead atoms. The third-order valence-corrected chi connectivity index (χ3v) is 2.98. The van der Waals surface area contributed by atoms with E-state index in [1.807, 2.05) is 17.8 Å². The van der Waals surface area contributed by atoms with E-state index >= 15 is 0 Å². The molecular formula is C12H22ClN3. The summed E-state index contributed by atoms with van der Waals surface area (Å²) in [5, 5.41) is 8.47. The molecule has 3 nitrogen and oxygen atoms in total. The van der Waals surface area contributed by atoms with Gasteiger partial charge in [-0.2, -0.15) is 5.10 Å². The smallest absolute Gasteiger partial charge is 0.0814 e. The van der Waals surface area contributed by atoms with Gasteiger partial charge in [-0.1, -0.05) is 37.8 Å². The van der Waals surface area contributed by atoms with Crippen LogP contribution in [0.2, 0.25) is 5.02 Å². The number of aromatic nitrogens is 2. The highest BCUT2D eigenvalue weighted by Crippen LogP contribution is 2.11. The van der Waals surface area contributed by atoms with Crippen molar-refractivity contribution in [2.24, 2.45) is 0 Å². The Hall–Kier alpha value is -0.540. The summed E-state index contributed by atoms with van der Waals surface area (Å²) in [6.07, 6.45) is 7.12. The summed E-state index contributed by atoms with van der Waals surface area (Å²) in [7, 11) is 0. The molecule has 0 saturated heterocycles. The summed E-state index contributed by atoms with van der Waals surface area (Å²) in [5.41, 5.74) is 0.907. The normalized spacial score (nSPS) is 10.9. The van der Waals surface area contributed by atoms with Gasteiger partial charge in [-0.05, 0) is 19.9 Å². The first kappa shape index (κ1) is 13.5. The van der Waals surface area contributed by atoms with Crippen molar-refractivity contribution in [1.29, 1.82) is 0 Å². The number of halogens is 1. The highest BCUT2D eigenvalue weighted by molar-refractivity contribution is 6.31. The third-order valence-electron chi connectivity index (χ3n) is 2.61. The van der Waals surface area contributed by atoms with E-state index in [2.05, 4.69) is 17.3 Å². The predicted octanol–water partition coefficient (Wildman–Crippen LogP) is 3.01. The van der Waals surface area contributed by atoms with Crippen LogP contribution in [0, 0.1) is 6.92 Å².